The van der Waals surface area contributed by atoms with Crippen LogP contribution in [-0.2, 0) is 13.9 Å². The van der Waals surface area contributed by atoms with Crippen LogP contribution in [0, 0.1) is 0 Å². The Bertz CT molecular complexity index is 366. The van der Waals surface area contributed by atoms with E-state index < -0.39 is 8.25 Å². The van der Waals surface area contributed by atoms with E-state index in [0.717, 1.165) is 38.6 Å². The van der Waals surface area contributed by atoms with Crippen molar-refractivity contribution in [1.29, 1.82) is 0 Å². The van der Waals surface area contributed by atoms with E-state index in [4.69, 9.17) is 4.89 Å². The van der Waals surface area contributed by atoms with Gasteiger partial charge in [0.15, 0.2) is 0 Å². The largest absolute Gasteiger partial charge is 0.356 e. The Morgan fingerprint density at radius 2 is 1.21 bits per heavy atom. The topological polar surface area (TPSA) is 75.6 Å². The number of amides is 1. The van der Waals surface area contributed by atoms with Crippen LogP contribution in [0.15, 0.2) is 0 Å². The molecule has 1 amide bonds. The van der Waals surface area contributed by atoms with Gasteiger partial charge in [-0.1, -0.05) is 96.8 Å². The van der Waals surface area contributed by atoms with Crippen molar-refractivity contribution in [2.24, 2.45) is 0 Å². The van der Waals surface area contributed by atoms with Crippen molar-refractivity contribution < 1.29 is 18.8 Å². The molecule has 0 rings (SSSR count). The zero-order valence-corrected chi connectivity index (χ0v) is 19.3. The number of hydrogen-bond donors (Lipinski definition) is 2. The highest BCUT2D eigenvalue weighted by molar-refractivity contribution is 7.32. The van der Waals surface area contributed by atoms with Crippen LogP contribution in [0.25, 0.3) is 0 Å². The minimum Gasteiger partial charge on any atom is -0.356 e. The lowest BCUT2D eigenvalue weighted by Crippen LogP contribution is -2.23. The predicted octanol–water partition coefficient (Wildman–Crippen LogP) is 6.54. The van der Waals surface area contributed by atoms with Gasteiger partial charge in [0.05, 0.1) is 6.61 Å². The first-order valence-corrected chi connectivity index (χ1v) is 13.1. The lowest BCUT2D eigenvalue weighted by molar-refractivity contribution is -0.121. The molecule has 6 heteroatoms. The van der Waals surface area contributed by atoms with Crippen molar-refractivity contribution in [2.75, 3.05) is 13.2 Å². The lowest BCUT2D eigenvalue weighted by Gasteiger charge is -2.06. The lowest BCUT2D eigenvalue weighted by atomic mass is 10.0. The molecule has 0 aromatic carbocycles. The fraction of sp³-hybridized carbons (Fsp3) is 0.955. The third kappa shape index (κ3) is 23.7. The molecule has 28 heavy (non-hydrogen) atoms. The molecule has 0 spiro atoms. The van der Waals surface area contributed by atoms with E-state index in [2.05, 4.69) is 16.8 Å². The molecule has 1 unspecified atom stereocenters. The first-order valence-electron chi connectivity index (χ1n) is 11.8. The van der Waals surface area contributed by atoms with Gasteiger partial charge in [-0.05, 0) is 19.3 Å². The number of rotatable bonds is 22. The van der Waals surface area contributed by atoms with Gasteiger partial charge in [0.2, 0.25) is 5.91 Å². The second-order valence-corrected chi connectivity index (χ2v) is 8.69. The molecule has 0 aliphatic heterocycles. The van der Waals surface area contributed by atoms with E-state index in [0.29, 0.717) is 13.0 Å². The summed E-state index contributed by atoms with van der Waals surface area (Å²) >= 11 is 0. The zero-order valence-electron chi connectivity index (χ0n) is 18.3. The molecule has 168 valence electrons. The second kappa shape index (κ2) is 22.9. The molecule has 0 heterocycles. The van der Waals surface area contributed by atoms with Gasteiger partial charge in [-0.25, -0.2) is 0 Å². The summed E-state index contributed by atoms with van der Waals surface area (Å²) in [6.07, 6.45) is 21.6. The highest BCUT2D eigenvalue weighted by atomic mass is 31.1. The van der Waals surface area contributed by atoms with E-state index in [1.807, 2.05) is 0 Å². The van der Waals surface area contributed by atoms with Gasteiger partial charge in [-0.15, -0.1) is 0 Å². The van der Waals surface area contributed by atoms with Gasteiger partial charge in [-0.2, -0.15) is 0 Å². The Balaban J connectivity index is 3.16. The van der Waals surface area contributed by atoms with Gasteiger partial charge in [0.1, 0.15) is 0 Å². The monoisotopic (exact) mass is 419 g/mol. The third-order valence-electron chi connectivity index (χ3n) is 5.13. The summed E-state index contributed by atoms with van der Waals surface area (Å²) in [6, 6.07) is 0. The van der Waals surface area contributed by atoms with E-state index in [-0.39, 0.29) is 5.91 Å². The summed E-state index contributed by atoms with van der Waals surface area (Å²) < 4.78 is 15.0. The van der Waals surface area contributed by atoms with Crippen LogP contribution >= 0.6 is 8.25 Å². The quantitative estimate of drug-likeness (QED) is 0.154. The molecule has 0 saturated heterocycles. The van der Waals surface area contributed by atoms with Gasteiger partial charge in [0.25, 0.3) is 0 Å². The number of unbranched alkanes of at least 4 members (excludes halogenated alkanes) is 15. The normalized spacial score (nSPS) is 12.2. The molecule has 0 bridgehead atoms. The maximum absolute atomic E-state index is 11.8. The van der Waals surface area contributed by atoms with Gasteiger partial charge < -0.3 is 14.7 Å². The first-order chi connectivity index (χ1) is 13.7. The average molecular weight is 420 g/mol. The maximum atomic E-state index is 11.8. The molecular weight excluding hydrogens is 373 g/mol. The van der Waals surface area contributed by atoms with Crippen molar-refractivity contribution in [1.82, 2.24) is 5.32 Å². The maximum Gasteiger partial charge on any atom is 0.316 e. The Morgan fingerprint density at radius 3 is 1.75 bits per heavy atom. The first kappa shape index (κ1) is 27.6. The smallest absolute Gasteiger partial charge is 0.316 e. The molecule has 5 nitrogen and oxygen atoms in total. The fourth-order valence-corrected chi connectivity index (χ4v) is 3.68. The summed E-state index contributed by atoms with van der Waals surface area (Å²) in [7, 11) is -2.77. The van der Waals surface area contributed by atoms with E-state index in [1.54, 1.807) is 0 Å². The van der Waals surface area contributed by atoms with E-state index in [9.17, 15) is 9.36 Å². The van der Waals surface area contributed by atoms with Gasteiger partial charge in [-0.3, -0.25) is 9.36 Å². The van der Waals surface area contributed by atoms with Crippen LogP contribution in [-0.4, -0.2) is 24.0 Å². The summed E-state index contributed by atoms with van der Waals surface area (Å²) in [4.78, 5) is 20.3. The Labute approximate surface area is 174 Å². The van der Waals surface area contributed by atoms with E-state index >= 15 is 0 Å². The molecular formula is C22H46NO4P. The van der Waals surface area contributed by atoms with Gasteiger partial charge in [0, 0.05) is 13.0 Å². The summed E-state index contributed by atoms with van der Waals surface area (Å²) in [5.41, 5.74) is 0. The van der Waals surface area contributed by atoms with Crippen molar-refractivity contribution in [2.45, 2.75) is 122 Å². The van der Waals surface area contributed by atoms with Crippen LogP contribution in [0.4, 0.5) is 0 Å². The Morgan fingerprint density at radius 1 is 0.750 bits per heavy atom. The second-order valence-electron chi connectivity index (χ2n) is 7.87. The minimum absolute atomic E-state index is 0.172. The molecule has 0 fully saturated rings. The van der Waals surface area contributed by atoms with Crippen molar-refractivity contribution in [3.8, 4) is 0 Å². The highest BCUT2D eigenvalue weighted by Gasteiger charge is 2.01. The van der Waals surface area contributed by atoms with Crippen LogP contribution < -0.4 is 5.32 Å². The molecule has 1 atom stereocenters. The zero-order chi connectivity index (χ0) is 20.7. The SMILES string of the molecule is CCCCCCCCCCCCCCCC(=O)NCCCCCCO[PH](=O)O. The number of hydrogen-bond acceptors (Lipinski definition) is 3. The van der Waals surface area contributed by atoms with Crippen LogP contribution in [0.1, 0.15) is 122 Å². The van der Waals surface area contributed by atoms with Crippen molar-refractivity contribution in [3.05, 3.63) is 0 Å². The Kier molecular flexibility index (Phi) is 22.6. The molecule has 2 N–H and O–H groups in total. The number of carbonyl (C=O) groups is 1. The van der Waals surface area contributed by atoms with Gasteiger partial charge >= 0.3 is 8.25 Å². The molecule has 0 aromatic rings. The fourth-order valence-electron chi connectivity index (χ4n) is 3.36. The van der Waals surface area contributed by atoms with E-state index in [1.165, 1.54) is 77.0 Å². The molecule has 0 aliphatic carbocycles. The van der Waals surface area contributed by atoms with Crippen molar-refractivity contribution >= 4 is 14.2 Å². The number of carbonyl (C=O) groups excluding carboxylic acids is 1. The summed E-state index contributed by atoms with van der Waals surface area (Å²) in [6.45, 7) is 3.34. The summed E-state index contributed by atoms with van der Waals surface area (Å²) in [5, 5.41) is 2.98. The van der Waals surface area contributed by atoms with Crippen LogP contribution in [0.5, 0.6) is 0 Å². The van der Waals surface area contributed by atoms with Crippen LogP contribution in [0.2, 0.25) is 0 Å². The average Bonchev–Trinajstić information content (AvgIpc) is 2.67. The number of nitrogens with one attached hydrogen (secondary N) is 1. The predicted molar refractivity (Wildman–Crippen MR) is 119 cm³/mol. The summed E-state index contributed by atoms with van der Waals surface area (Å²) in [5.74, 6) is 0.172. The molecule has 0 aliphatic rings. The minimum atomic E-state index is -2.77. The third-order valence-corrected chi connectivity index (χ3v) is 5.58. The molecule has 0 aromatic heterocycles. The van der Waals surface area contributed by atoms with Crippen molar-refractivity contribution in [3.63, 3.8) is 0 Å². The molecule has 0 saturated carbocycles. The van der Waals surface area contributed by atoms with Crippen LogP contribution in [0.3, 0.4) is 0 Å². The standard InChI is InChI=1S/C22H46NO4P/c1-2-3-4-5-6-7-8-9-10-11-12-13-16-19-22(24)23-20-17-14-15-18-21-27-28(25)26/h28H,2-21H2,1H3,(H,23,24)(H,25,26). The molecule has 0 radical (unpaired) electrons. The highest BCUT2D eigenvalue weighted by Crippen LogP contribution is 2.15. The Hall–Kier alpha value is -0.380.